The molecule has 1 N–H and O–H groups in total. The van der Waals surface area contributed by atoms with Crippen molar-refractivity contribution in [2.75, 3.05) is 18.1 Å². The van der Waals surface area contributed by atoms with Crippen molar-refractivity contribution < 1.29 is 19.4 Å². The van der Waals surface area contributed by atoms with Crippen molar-refractivity contribution in [3.05, 3.63) is 58.1 Å². The van der Waals surface area contributed by atoms with Gasteiger partial charge in [-0.2, -0.15) is 0 Å². The van der Waals surface area contributed by atoms with Crippen LogP contribution in [0.5, 0.6) is 5.75 Å². The molecule has 1 aliphatic heterocycles. The van der Waals surface area contributed by atoms with E-state index in [0.29, 0.717) is 11.3 Å². The number of carbonyl (C=O) groups excluding carboxylic acids is 2. The minimum atomic E-state index is -1.83. The van der Waals surface area contributed by atoms with E-state index < -0.39 is 11.5 Å². The van der Waals surface area contributed by atoms with Crippen LogP contribution in [0.2, 0.25) is 0 Å². The fourth-order valence-electron chi connectivity index (χ4n) is 3.58. The van der Waals surface area contributed by atoms with Crippen LogP contribution in [-0.2, 0) is 20.6 Å². The lowest BCUT2D eigenvalue weighted by Crippen LogP contribution is -2.43. The Kier molecular flexibility index (Phi) is 5.88. The van der Waals surface area contributed by atoms with Crippen molar-refractivity contribution in [3.8, 4) is 5.75 Å². The summed E-state index contributed by atoms with van der Waals surface area (Å²) in [6, 6.07) is 13.2. The quantitative estimate of drug-likeness (QED) is 0.697. The molecule has 0 saturated carbocycles. The number of hydrogen-bond acceptors (Lipinski definition) is 4. The number of aliphatic hydroxyl groups is 1. The molecule has 0 bridgehead atoms. The number of halogens is 1. The topological polar surface area (TPSA) is 66.8 Å². The molecule has 1 atom stereocenters. The molecule has 0 aromatic heterocycles. The Bertz CT molecular complexity index is 933. The van der Waals surface area contributed by atoms with Gasteiger partial charge in [0.1, 0.15) is 18.1 Å². The van der Waals surface area contributed by atoms with Crippen LogP contribution in [0.1, 0.15) is 45.2 Å². The number of fused-ring (bicyclic) bond motifs is 1. The van der Waals surface area contributed by atoms with Gasteiger partial charge in [0.2, 0.25) is 0 Å². The Balaban J connectivity index is 1.74. The molecule has 3 rings (SSSR count). The molecule has 1 aliphatic rings. The van der Waals surface area contributed by atoms with Gasteiger partial charge in [0.25, 0.3) is 5.91 Å². The average Bonchev–Trinajstić information content (AvgIpc) is 2.82. The molecule has 0 aliphatic carbocycles. The van der Waals surface area contributed by atoms with E-state index in [0.717, 1.165) is 10.2 Å². The first-order valence-electron chi connectivity index (χ1n) is 9.59. The molecular weight excluding hydrogens is 434 g/mol. The molecule has 154 valence electrons. The van der Waals surface area contributed by atoms with Crippen molar-refractivity contribution in [3.63, 3.8) is 0 Å². The normalized spacial score (nSPS) is 18.7. The molecule has 1 amide bonds. The van der Waals surface area contributed by atoms with Gasteiger partial charge in [0.05, 0.1) is 12.2 Å². The van der Waals surface area contributed by atoms with E-state index >= 15 is 0 Å². The van der Waals surface area contributed by atoms with E-state index in [-0.39, 0.29) is 30.8 Å². The van der Waals surface area contributed by atoms with E-state index in [1.807, 2.05) is 30.3 Å². The van der Waals surface area contributed by atoms with Gasteiger partial charge >= 0.3 is 0 Å². The molecule has 1 unspecified atom stereocenters. The number of ketones is 1. The zero-order chi connectivity index (χ0) is 21.4. The maximum atomic E-state index is 13.0. The number of ether oxygens (including phenoxy) is 1. The van der Waals surface area contributed by atoms with E-state index in [4.69, 9.17) is 4.74 Å². The minimum absolute atomic E-state index is 0.0691. The Morgan fingerprint density at radius 3 is 2.41 bits per heavy atom. The Hall–Kier alpha value is -2.18. The van der Waals surface area contributed by atoms with Crippen LogP contribution in [0.4, 0.5) is 5.69 Å². The lowest BCUT2D eigenvalue weighted by molar-refractivity contribution is -0.141. The zero-order valence-corrected chi connectivity index (χ0v) is 18.7. The SMILES string of the molecule is CC(=O)CC1(O)C(=O)N(CCOc2ccc(C(C)(C)C)cc2)c2ccc(Br)cc21. The number of amides is 1. The molecule has 0 saturated heterocycles. The van der Waals surface area contributed by atoms with E-state index in [1.54, 1.807) is 12.1 Å². The second-order valence-electron chi connectivity index (χ2n) is 8.48. The first-order valence-corrected chi connectivity index (χ1v) is 10.4. The number of hydrogen-bond donors (Lipinski definition) is 1. The maximum Gasteiger partial charge on any atom is 0.264 e. The minimum Gasteiger partial charge on any atom is -0.492 e. The smallest absolute Gasteiger partial charge is 0.264 e. The van der Waals surface area contributed by atoms with Gasteiger partial charge in [0.15, 0.2) is 5.60 Å². The third kappa shape index (κ3) is 4.38. The third-order valence-corrected chi connectivity index (χ3v) is 5.60. The van der Waals surface area contributed by atoms with Gasteiger partial charge < -0.3 is 14.7 Å². The van der Waals surface area contributed by atoms with Gasteiger partial charge in [-0.05, 0) is 48.2 Å². The van der Waals surface area contributed by atoms with Crippen LogP contribution in [0.15, 0.2) is 46.9 Å². The van der Waals surface area contributed by atoms with Crippen molar-refractivity contribution in [1.82, 2.24) is 0 Å². The lowest BCUT2D eigenvalue weighted by Gasteiger charge is -2.22. The van der Waals surface area contributed by atoms with Crippen LogP contribution in [0, 0.1) is 0 Å². The van der Waals surface area contributed by atoms with Gasteiger partial charge in [-0.1, -0.05) is 48.8 Å². The summed E-state index contributed by atoms with van der Waals surface area (Å²) in [5.41, 5.74) is 0.502. The first kappa shape index (κ1) is 21.5. The van der Waals surface area contributed by atoms with Crippen LogP contribution in [0.3, 0.4) is 0 Å². The van der Waals surface area contributed by atoms with Crippen molar-refractivity contribution in [2.24, 2.45) is 0 Å². The van der Waals surface area contributed by atoms with E-state index in [2.05, 4.69) is 36.7 Å². The van der Waals surface area contributed by atoms with Crippen molar-refractivity contribution in [1.29, 1.82) is 0 Å². The summed E-state index contributed by atoms with van der Waals surface area (Å²) < 4.78 is 6.56. The van der Waals surface area contributed by atoms with Crippen LogP contribution in [-0.4, -0.2) is 29.9 Å². The fourth-order valence-corrected chi connectivity index (χ4v) is 3.94. The summed E-state index contributed by atoms with van der Waals surface area (Å²) in [5, 5.41) is 11.0. The summed E-state index contributed by atoms with van der Waals surface area (Å²) >= 11 is 3.37. The molecule has 5 nitrogen and oxygen atoms in total. The second kappa shape index (κ2) is 7.92. The molecule has 0 fully saturated rings. The van der Waals surface area contributed by atoms with Crippen LogP contribution >= 0.6 is 15.9 Å². The Morgan fingerprint density at radius 1 is 1.17 bits per heavy atom. The lowest BCUT2D eigenvalue weighted by atomic mass is 9.87. The molecule has 1 heterocycles. The predicted molar refractivity (Wildman–Crippen MR) is 116 cm³/mol. The number of carbonyl (C=O) groups is 2. The highest BCUT2D eigenvalue weighted by Gasteiger charge is 2.50. The van der Waals surface area contributed by atoms with E-state index in [9.17, 15) is 14.7 Å². The highest BCUT2D eigenvalue weighted by atomic mass is 79.9. The highest BCUT2D eigenvalue weighted by molar-refractivity contribution is 9.10. The molecule has 6 heteroatoms. The highest BCUT2D eigenvalue weighted by Crippen LogP contribution is 2.43. The molecule has 2 aromatic rings. The summed E-state index contributed by atoms with van der Waals surface area (Å²) in [5.74, 6) is -0.0176. The van der Waals surface area contributed by atoms with Gasteiger partial charge in [0, 0.05) is 16.5 Å². The standard InChI is InChI=1S/C23H26BrNO4/c1-15(26)14-23(28)19-13-17(24)7-10-20(19)25(21(23)27)11-12-29-18-8-5-16(6-9-18)22(2,3)4/h5-10,13,28H,11-12,14H2,1-4H3. The molecular formula is C23H26BrNO4. The molecule has 0 spiro atoms. The summed E-state index contributed by atoms with van der Waals surface area (Å²) in [6.07, 6.45) is -0.249. The summed E-state index contributed by atoms with van der Waals surface area (Å²) in [7, 11) is 0. The van der Waals surface area contributed by atoms with Gasteiger partial charge in [-0.25, -0.2) is 0 Å². The third-order valence-electron chi connectivity index (χ3n) is 5.10. The second-order valence-corrected chi connectivity index (χ2v) is 9.40. The van der Waals surface area contributed by atoms with Crippen LogP contribution < -0.4 is 9.64 Å². The monoisotopic (exact) mass is 459 g/mol. The Labute approximate surface area is 179 Å². The zero-order valence-electron chi connectivity index (χ0n) is 17.2. The van der Waals surface area contributed by atoms with Gasteiger partial charge in [-0.3, -0.25) is 9.59 Å². The fraction of sp³-hybridized carbons (Fsp3) is 0.391. The first-order chi connectivity index (χ1) is 13.5. The number of anilines is 1. The Morgan fingerprint density at radius 2 is 1.83 bits per heavy atom. The van der Waals surface area contributed by atoms with Gasteiger partial charge in [-0.15, -0.1) is 0 Å². The number of benzene rings is 2. The number of rotatable bonds is 6. The van der Waals surface area contributed by atoms with E-state index in [1.165, 1.54) is 17.4 Å². The van der Waals surface area contributed by atoms with Crippen molar-refractivity contribution >= 4 is 33.3 Å². The molecule has 2 aromatic carbocycles. The molecule has 29 heavy (non-hydrogen) atoms. The predicted octanol–water partition coefficient (Wildman–Crippen LogP) is 4.34. The maximum absolute atomic E-state index is 13.0. The van der Waals surface area contributed by atoms with Crippen molar-refractivity contribution in [2.45, 2.75) is 45.1 Å². The molecule has 0 radical (unpaired) electrons. The summed E-state index contributed by atoms with van der Waals surface area (Å²) in [6.45, 7) is 8.37. The van der Waals surface area contributed by atoms with Crippen LogP contribution in [0.25, 0.3) is 0 Å². The largest absolute Gasteiger partial charge is 0.492 e. The average molecular weight is 460 g/mol. The number of nitrogens with zero attached hydrogens (tertiary/aromatic N) is 1. The summed E-state index contributed by atoms with van der Waals surface area (Å²) in [4.78, 5) is 26.2. The number of Topliss-reactive ketones (excluding diaryl/α,β-unsaturated/α-hetero) is 1.